The second-order valence-corrected chi connectivity index (χ2v) is 8.63. The van der Waals surface area contributed by atoms with Crippen molar-refractivity contribution in [3.8, 4) is 0 Å². The van der Waals surface area contributed by atoms with Crippen LogP contribution in [0, 0.1) is 0 Å². The second-order valence-electron chi connectivity index (χ2n) is 5.38. The Balaban J connectivity index is 1.68. The summed E-state index contributed by atoms with van der Waals surface area (Å²) in [6, 6.07) is 13.9. The fraction of sp³-hybridized carbons (Fsp3) is 0.0556. The Morgan fingerprint density at radius 1 is 1.07 bits per heavy atom. The summed E-state index contributed by atoms with van der Waals surface area (Å²) in [4.78, 5) is 24.8. The molecule has 0 spiro atoms. The molecular formula is C18H13Br2N3O3S. The van der Waals surface area contributed by atoms with E-state index in [1.54, 1.807) is 49.4 Å². The average molecular weight is 511 g/mol. The number of hydrazone groups is 1. The van der Waals surface area contributed by atoms with Gasteiger partial charge in [-0.05, 0) is 80.7 Å². The van der Waals surface area contributed by atoms with Crippen molar-refractivity contribution in [1.29, 1.82) is 0 Å². The van der Waals surface area contributed by atoms with Gasteiger partial charge in [-0.3, -0.25) is 9.59 Å². The summed E-state index contributed by atoms with van der Waals surface area (Å²) in [7, 11) is 0. The maximum absolute atomic E-state index is 12.2. The summed E-state index contributed by atoms with van der Waals surface area (Å²) < 4.78 is 6.59. The monoisotopic (exact) mass is 509 g/mol. The molecule has 0 radical (unpaired) electrons. The number of furan rings is 1. The molecule has 138 valence electrons. The summed E-state index contributed by atoms with van der Waals surface area (Å²) in [5.41, 5.74) is 4.49. The van der Waals surface area contributed by atoms with Gasteiger partial charge in [-0.1, -0.05) is 12.1 Å². The molecule has 3 aromatic rings. The molecule has 0 aliphatic heterocycles. The van der Waals surface area contributed by atoms with Crippen LogP contribution in [0.4, 0.5) is 5.69 Å². The van der Waals surface area contributed by atoms with E-state index in [0.29, 0.717) is 20.9 Å². The molecule has 2 N–H and O–H groups in total. The van der Waals surface area contributed by atoms with Gasteiger partial charge in [-0.2, -0.15) is 5.10 Å². The number of halogens is 2. The number of carbonyl (C=O) groups excluding carboxylic acids is 2. The Labute approximate surface area is 175 Å². The SMILES string of the molecule is C/C(=N/NC(=O)c1ccc(Br)s1)c1cccc(NC(=O)c2ccc(Br)o2)c1. The van der Waals surface area contributed by atoms with Crippen LogP contribution in [0.5, 0.6) is 0 Å². The predicted molar refractivity (Wildman–Crippen MR) is 112 cm³/mol. The van der Waals surface area contributed by atoms with Crippen molar-refractivity contribution in [2.45, 2.75) is 6.92 Å². The van der Waals surface area contributed by atoms with E-state index >= 15 is 0 Å². The number of benzene rings is 1. The van der Waals surface area contributed by atoms with Gasteiger partial charge in [0.1, 0.15) is 0 Å². The molecule has 0 atom stereocenters. The molecule has 2 heterocycles. The zero-order valence-corrected chi connectivity index (χ0v) is 17.9. The van der Waals surface area contributed by atoms with Crippen LogP contribution in [0.25, 0.3) is 0 Å². The van der Waals surface area contributed by atoms with E-state index in [0.717, 1.165) is 9.35 Å². The molecule has 3 rings (SSSR count). The molecule has 0 saturated heterocycles. The minimum Gasteiger partial charge on any atom is -0.444 e. The summed E-state index contributed by atoms with van der Waals surface area (Å²) in [5.74, 6) is -0.436. The highest BCUT2D eigenvalue weighted by molar-refractivity contribution is 9.11. The van der Waals surface area contributed by atoms with Gasteiger partial charge >= 0.3 is 0 Å². The van der Waals surface area contributed by atoms with Crippen LogP contribution in [0.3, 0.4) is 0 Å². The van der Waals surface area contributed by atoms with E-state index in [9.17, 15) is 9.59 Å². The molecule has 27 heavy (non-hydrogen) atoms. The van der Waals surface area contributed by atoms with Crippen molar-refractivity contribution in [1.82, 2.24) is 5.43 Å². The molecule has 0 unspecified atom stereocenters. The molecule has 0 aliphatic carbocycles. The molecule has 0 saturated carbocycles. The molecule has 2 aromatic heterocycles. The van der Waals surface area contributed by atoms with Crippen molar-refractivity contribution >= 4 is 66.4 Å². The first-order valence-electron chi connectivity index (χ1n) is 7.69. The molecule has 0 fully saturated rings. The molecule has 0 aliphatic rings. The molecule has 1 aromatic carbocycles. The van der Waals surface area contributed by atoms with E-state index in [2.05, 4.69) is 47.7 Å². The summed E-state index contributed by atoms with van der Waals surface area (Å²) >= 11 is 7.81. The maximum atomic E-state index is 12.2. The van der Waals surface area contributed by atoms with Crippen molar-refractivity contribution in [2.75, 3.05) is 5.32 Å². The predicted octanol–water partition coefficient (Wildman–Crippen LogP) is 5.27. The molecule has 2 amide bonds. The Hall–Kier alpha value is -2.23. The molecule has 9 heteroatoms. The first kappa shape index (κ1) is 19.5. The number of anilines is 1. The first-order valence-corrected chi connectivity index (χ1v) is 10.1. The lowest BCUT2D eigenvalue weighted by Crippen LogP contribution is -2.18. The number of hydrogen-bond donors (Lipinski definition) is 2. The number of thiophene rings is 1. The second kappa shape index (κ2) is 8.64. The number of rotatable bonds is 5. The van der Waals surface area contributed by atoms with Gasteiger partial charge in [0, 0.05) is 5.69 Å². The highest BCUT2D eigenvalue weighted by Crippen LogP contribution is 2.22. The van der Waals surface area contributed by atoms with Crippen LogP contribution in [0.1, 0.15) is 32.7 Å². The largest absolute Gasteiger partial charge is 0.444 e. The van der Waals surface area contributed by atoms with E-state index in [1.807, 2.05) is 6.07 Å². The van der Waals surface area contributed by atoms with Gasteiger partial charge in [0.05, 0.1) is 14.4 Å². The lowest BCUT2D eigenvalue weighted by Gasteiger charge is -2.06. The fourth-order valence-electron chi connectivity index (χ4n) is 2.14. The van der Waals surface area contributed by atoms with Gasteiger partial charge in [0.15, 0.2) is 10.4 Å². The smallest absolute Gasteiger partial charge is 0.291 e. The third-order valence-corrected chi connectivity index (χ3v) is 5.51. The van der Waals surface area contributed by atoms with Crippen LogP contribution in [0.2, 0.25) is 0 Å². The zero-order valence-electron chi connectivity index (χ0n) is 14.0. The van der Waals surface area contributed by atoms with Crippen LogP contribution in [0.15, 0.2) is 66.5 Å². The van der Waals surface area contributed by atoms with Crippen molar-refractivity contribution in [3.63, 3.8) is 0 Å². The molecular weight excluding hydrogens is 498 g/mol. The topological polar surface area (TPSA) is 83.7 Å². The van der Waals surface area contributed by atoms with Crippen molar-refractivity contribution in [2.24, 2.45) is 5.10 Å². The number of amides is 2. The maximum Gasteiger partial charge on any atom is 0.291 e. The van der Waals surface area contributed by atoms with Gasteiger partial charge in [0.2, 0.25) is 0 Å². The van der Waals surface area contributed by atoms with Gasteiger partial charge in [-0.15, -0.1) is 11.3 Å². The normalized spacial score (nSPS) is 11.3. The minimum absolute atomic E-state index is 0.201. The van der Waals surface area contributed by atoms with Crippen molar-refractivity contribution in [3.05, 3.63) is 73.2 Å². The van der Waals surface area contributed by atoms with E-state index in [-0.39, 0.29) is 17.6 Å². The first-order chi connectivity index (χ1) is 12.9. The zero-order chi connectivity index (χ0) is 19.4. The number of carbonyl (C=O) groups is 2. The quantitative estimate of drug-likeness (QED) is 0.362. The van der Waals surface area contributed by atoms with Crippen LogP contribution < -0.4 is 10.7 Å². The Kier molecular flexibility index (Phi) is 6.25. The fourth-order valence-corrected chi connectivity index (χ4v) is 3.72. The summed E-state index contributed by atoms with van der Waals surface area (Å²) in [6.45, 7) is 1.77. The summed E-state index contributed by atoms with van der Waals surface area (Å²) in [5, 5.41) is 6.89. The van der Waals surface area contributed by atoms with E-state index in [1.165, 1.54) is 11.3 Å². The van der Waals surface area contributed by atoms with E-state index < -0.39 is 0 Å². The lowest BCUT2D eigenvalue weighted by molar-refractivity contribution is 0.0957. The third kappa shape index (κ3) is 5.15. The van der Waals surface area contributed by atoms with Crippen molar-refractivity contribution < 1.29 is 14.0 Å². The standard InChI is InChI=1S/C18H13Br2N3O3S/c1-10(22-23-18(25)14-6-8-16(20)27-14)11-3-2-4-12(9-11)21-17(24)13-5-7-15(19)26-13/h2-9H,1H3,(H,21,24)(H,23,25)/b22-10-. The lowest BCUT2D eigenvalue weighted by atomic mass is 10.1. The third-order valence-electron chi connectivity index (χ3n) is 3.46. The van der Waals surface area contributed by atoms with Crippen LogP contribution in [-0.2, 0) is 0 Å². The number of hydrogen-bond acceptors (Lipinski definition) is 5. The highest BCUT2D eigenvalue weighted by Gasteiger charge is 2.12. The van der Waals surface area contributed by atoms with Gasteiger partial charge in [-0.25, -0.2) is 5.43 Å². The van der Waals surface area contributed by atoms with E-state index in [4.69, 9.17) is 4.42 Å². The highest BCUT2D eigenvalue weighted by atomic mass is 79.9. The van der Waals surface area contributed by atoms with Crippen LogP contribution in [-0.4, -0.2) is 17.5 Å². The summed E-state index contributed by atoms with van der Waals surface area (Å²) in [6.07, 6.45) is 0. The van der Waals surface area contributed by atoms with Gasteiger partial charge in [0.25, 0.3) is 11.8 Å². The number of nitrogens with zero attached hydrogens (tertiary/aromatic N) is 1. The average Bonchev–Trinajstić information content (AvgIpc) is 3.28. The Bertz CT molecular complexity index is 1030. The minimum atomic E-state index is -0.357. The number of nitrogens with one attached hydrogen (secondary N) is 2. The molecule has 6 nitrogen and oxygen atoms in total. The van der Waals surface area contributed by atoms with Gasteiger partial charge < -0.3 is 9.73 Å². The van der Waals surface area contributed by atoms with Crippen LogP contribution >= 0.6 is 43.2 Å². The molecule has 0 bridgehead atoms. The Morgan fingerprint density at radius 3 is 2.56 bits per heavy atom. The Morgan fingerprint density at radius 2 is 1.89 bits per heavy atom.